The molecule has 1 aromatic heterocycles. The van der Waals surface area contributed by atoms with Gasteiger partial charge in [0, 0.05) is 25.4 Å². The number of hydrogen-bond donors (Lipinski definition) is 1. The van der Waals surface area contributed by atoms with Gasteiger partial charge >= 0.3 is 0 Å². The van der Waals surface area contributed by atoms with Crippen molar-refractivity contribution in [2.75, 3.05) is 6.54 Å². The summed E-state index contributed by atoms with van der Waals surface area (Å²) in [6.45, 7) is 4.85. The van der Waals surface area contributed by atoms with E-state index in [4.69, 9.17) is 5.73 Å². The molecule has 0 saturated heterocycles. The molecule has 2 N–H and O–H groups in total. The Morgan fingerprint density at radius 1 is 1.30 bits per heavy atom. The second-order valence-corrected chi connectivity index (χ2v) is 6.14. The third-order valence-corrected chi connectivity index (χ3v) is 5.25. The summed E-state index contributed by atoms with van der Waals surface area (Å²) >= 11 is 3.66. The topological polar surface area (TPSA) is 43.8 Å². The fourth-order valence-electron chi connectivity index (χ4n) is 2.75. The van der Waals surface area contributed by atoms with E-state index in [0.29, 0.717) is 6.54 Å². The van der Waals surface area contributed by atoms with Crippen LogP contribution in [0, 0.1) is 6.92 Å². The van der Waals surface area contributed by atoms with Crippen LogP contribution >= 0.6 is 15.9 Å². The lowest BCUT2D eigenvalue weighted by Gasteiger charge is -2.32. The molecule has 1 heterocycles. The first-order valence-electron chi connectivity index (χ1n) is 6.97. The fraction of sp³-hybridized carbons (Fsp3) is 0.438. The van der Waals surface area contributed by atoms with Crippen LogP contribution in [0.4, 0.5) is 0 Å². The number of nitrogens with zero attached hydrogens (tertiary/aromatic N) is 2. The van der Waals surface area contributed by atoms with Gasteiger partial charge in [-0.1, -0.05) is 37.3 Å². The molecule has 0 aliphatic carbocycles. The molecule has 1 aromatic carbocycles. The Kier molecular flexibility index (Phi) is 4.66. The number of rotatable bonds is 5. The average molecular weight is 336 g/mol. The predicted octanol–water partition coefficient (Wildman–Crippen LogP) is 3.34. The van der Waals surface area contributed by atoms with E-state index < -0.39 is 0 Å². The summed E-state index contributed by atoms with van der Waals surface area (Å²) in [5.74, 6) is 0. The molecule has 0 saturated carbocycles. The molecule has 0 aliphatic rings. The molecule has 1 unspecified atom stereocenters. The smallest absolute Gasteiger partial charge is 0.0738 e. The lowest BCUT2D eigenvalue weighted by molar-refractivity contribution is 0.406. The van der Waals surface area contributed by atoms with Crippen molar-refractivity contribution in [1.29, 1.82) is 0 Å². The molecule has 1 atom stereocenters. The first-order valence-corrected chi connectivity index (χ1v) is 7.77. The molecule has 0 spiro atoms. The van der Waals surface area contributed by atoms with E-state index in [1.165, 1.54) is 11.3 Å². The van der Waals surface area contributed by atoms with Crippen LogP contribution in [0.2, 0.25) is 0 Å². The van der Waals surface area contributed by atoms with Crippen molar-refractivity contribution in [2.24, 2.45) is 12.8 Å². The molecule has 3 nitrogen and oxygen atoms in total. The van der Waals surface area contributed by atoms with Crippen molar-refractivity contribution >= 4 is 15.9 Å². The number of aryl methyl sites for hydroxylation is 2. The molecule has 2 aromatic rings. The van der Waals surface area contributed by atoms with Gasteiger partial charge in [0.25, 0.3) is 0 Å². The standard InChI is InChI=1S/C16H22BrN3/c1-4-16(11-18,13-8-6-5-7-9-13)10-14-15(17)12(2)19-20(14)3/h5-9H,4,10-11,18H2,1-3H3. The Bertz CT molecular complexity index is 571. The highest BCUT2D eigenvalue weighted by Crippen LogP contribution is 2.34. The van der Waals surface area contributed by atoms with E-state index >= 15 is 0 Å². The molecule has 0 amide bonds. The Labute approximate surface area is 129 Å². The lowest BCUT2D eigenvalue weighted by Crippen LogP contribution is -2.37. The number of aromatic nitrogens is 2. The first kappa shape index (κ1) is 15.3. The third kappa shape index (κ3) is 2.67. The van der Waals surface area contributed by atoms with Gasteiger partial charge in [0.2, 0.25) is 0 Å². The highest BCUT2D eigenvalue weighted by molar-refractivity contribution is 9.10. The Hall–Kier alpha value is -1.13. The van der Waals surface area contributed by atoms with Gasteiger partial charge in [-0.3, -0.25) is 4.68 Å². The zero-order valence-electron chi connectivity index (χ0n) is 12.4. The Balaban J connectivity index is 2.45. The van der Waals surface area contributed by atoms with Crippen LogP contribution in [0.1, 0.15) is 30.3 Å². The lowest BCUT2D eigenvalue weighted by atomic mass is 9.74. The van der Waals surface area contributed by atoms with Crippen LogP contribution in [-0.2, 0) is 18.9 Å². The SMILES string of the molecule is CCC(CN)(Cc1c(Br)c(C)nn1C)c1ccccc1. The molecular weight excluding hydrogens is 314 g/mol. The molecule has 108 valence electrons. The van der Waals surface area contributed by atoms with Gasteiger partial charge in [0.15, 0.2) is 0 Å². The summed E-state index contributed by atoms with van der Waals surface area (Å²) < 4.78 is 3.06. The van der Waals surface area contributed by atoms with Gasteiger partial charge in [0.1, 0.15) is 0 Å². The summed E-state index contributed by atoms with van der Waals surface area (Å²) in [7, 11) is 2.00. The molecule has 20 heavy (non-hydrogen) atoms. The summed E-state index contributed by atoms with van der Waals surface area (Å²) in [5, 5.41) is 4.49. The van der Waals surface area contributed by atoms with Gasteiger partial charge in [-0.25, -0.2) is 0 Å². The minimum absolute atomic E-state index is 0.0377. The third-order valence-electron chi connectivity index (χ3n) is 4.22. The maximum absolute atomic E-state index is 6.16. The van der Waals surface area contributed by atoms with Gasteiger partial charge in [0.05, 0.1) is 15.9 Å². The molecule has 0 aliphatic heterocycles. The van der Waals surface area contributed by atoms with E-state index in [1.807, 2.05) is 24.7 Å². The zero-order chi connectivity index (χ0) is 14.8. The molecule has 4 heteroatoms. The van der Waals surface area contributed by atoms with Crippen LogP contribution in [0.3, 0.4) is 0 Å². The average Bonchev–Trinajstić information content (AvgIpc) is 2.71. The van der Waals surface area contributed by atoms with Crippen LogP contribution in [0.5, 0.6) is 0 Å². The van der Waals surface area contributed by atoms with E-state index in [2.05, 4.69) is 52.2 Å². The normalized spacial score (nSPS) is 14.2. The van der Waals surface area contributed by atoms with E-state index in [1.54, 1.807) is 0 Å². The largest absolute Gasteiger partial charge is 0.330 e. The van der Waals surface area contributed by atoms with E-state index in [-0.39, 0.29) is 5.41 Å². The fourth-order valence-corrected chi connectivity index (χ4v) is 3.23. The summed E-state index contributed by atoms with van der Waals surface area (Å²) in [4.78, 5) is 0. The molecule has 0 radical (unpaired) electrons. The van der Waals surface area contributed by atoms with Crippen LogP contribution in [0.15, 0.2) is 34.8 Å². The highest BCUT2D eigenvalue weighted by atomic mass is 79.9. The Morgan fingerprint density at radius 2 is 1.95 bits per heavy atom. The summed E-state index contributed by atoms with van der Waals surface area (Å²) in [6.07, 6.45) is 1.89. The van der Waals surface area contributed by atoms with Crippen molar-refractivity contribution in [3.63, 3.8) is 0 Å². The number of benzene rings is 1. The van der Waals surface area contributed by atoms with Gasteiger partial charge in [-0.2, -0.15) is 5.10 Å². The zero-order valence-corrected chi connectivity index (χ0v) is 13.9. The molecule has 0 fully saturated rings. The quantitative estimate of drug-likeness (QED) is 0.910. The minimum Gasteiger partial charge on any atom is -0.330 e. The van der Waals surface area contributed by atoms with Crippen molar-refractivity contribution in [3.8, 4) is 0 Å². The van der Waals surface area contributed by atoms with Gasteiger partial charge < -0.3 is 5.73 Å². The summed E-state index contributed by atoms with van der Waals surface area (Å²) in [6, 6.07) is 10.6. The minimum atomic E-state index is -0.0377. The van der Waals surface area contributed by atoms with Crippen LogP contribution in [0.25, 0.3) is 0 Å². The molecule has 0 bridgehead atoms. The second-order valence-electron chi connectivity index (χ2n) is 5.35. The summed E-state index contributed by atoms with van der Waals surface area (Å²) in [5.41, 5.74) is 9.66. The number of halogens is 1. The second kappa shape index (κ2) is 6.10. The van der Waals surface area contributed by atoms with Crippen molar-refractivity contribution < 1.29 is 0 Å². The maximum atomic E-state index is 6.16. The first-order chi connectivity index (χ1) is 9.54. The molecule has 2 rings (SSSR count). The molecular formula is C16H22BrN3. The van der Waals surface area contributed by atoms with Gasteiger partial charge in [-0.15, -0.1) is 0 Å². The Morgan fingerprint density at radius 3 is 2.40 bits per heavy atom. The van der Waals surface area contributed by atoms with Gasteiger partial charge in [-0.05, 0) is 34.8 Å². The number of hydrogen-bond acceptors (Lipinski definition) is 2. The van der Waals surface area contributed by atoms with E-state index in [0.717, 1.165) is 23.0 Å². The van der Waals surface area contributed by atoms with Crippen LogP contribution < -0.4 is 5.73 Å². The predicted molar refractivity (Wildman–Crippen MR) is 86.8 cm³/mol. The van der Waals surface area contributed by atoms with E-state index in [9.17, 15) is 0 Å². The van der Waals surface area contributed by atoms with Crippen LogP contribution in [-0.4, -0.2) is 16.3 Å². The van der Waals surface area contributed by atoms with Crippen molar-refractivity contribution in [2.45, 2.75) is 32.1 Å². The number of nitrogens with two attached hydrogens (primary N) is 1. The van der Waals surface area contributed by atoms with Crippen molar-refractivity contribution in [1.82, 2.24) is 9.78 Å². The maximum Gasteiger partial charge on any atom is 0.0738 e. The highest BCUT2D eigenvalue weighted by Gasteiger charge is 2.31. The van der Waals surface area contributed by atoms with Crippen molar-refractivity contribution in [3.05, 3.63) is 51.8 Å². The monoisotopic (exact) mass is 335 g/mol.